The van der Waals surface area contributed by atoms with Crippen LogP contribution in [0.2, 0.25) is 5.02 Å². The maximum Gasteiger partial charge on any atom is 0.309 e. The SMILES string of the molecule is CCOC(=O)C1CCN(C(=NC)NCC2CCN(Cc3ccccc3Cl)CC2)CC1.I. The normalized spacial score (nSPS) is 19.1. The lowest BCUT2D eigenvalue weighted by Crippen LogP contribution is -2.48. The summed E-state index contributed by atoms with van der Waals surface area (Å²) in [4.78, 5) is 21.2. The van der Waals surface area contributed by atoms with Gasteiger partial charge in [0.15, 0.2) is 5.96 Å². The molecule has 6 nitrogen and oxygen atoms in total. The van der Waals surface area contributed by atoms with Gasteiger partial charge < -0.3 is 15.0 Å². The Kier molecular flexibility index (Phi) is 11.4. The maximum absolute atomic E-state index is 11.9. The Hall–Kier alpha value is -1.06. The summed E-state index contributed by atoms with van der Waals surface area (Å²) in [5.74, 6) is 1.59. The van der Waals surface area contributed by atoms with E-state index in [9.17, 15) is 4.79 Å². The van der Waals surface area contributed by atoms with Crippen LogP contribution >= 0.6 is 35.6 Å². The van der Waals surface area contributed by atoms with Crippen LogP contribution in [0.1, 0.15) is 38.2 Å². The monoisotopic (exact) mass is 562 g/mol. The second kappa shape index (κ2) is 13.5. The molecule has 1 aromatic carbocycles. The number of piperidine rings is 2. The first kappa shape index (κ1) is 26.2. The van der Waals surface area contributed by atoms with Gasteiger partial charge in [0.25, 0.3) is 0 Å². The number of ether oxygens (including phenoxy) is 1. The topological polar surface area (TPSA) is 57.2 Å². The number of hydrogen-bond acceptors (Lipinski definition) is 4. The Morgan fingerprint density at radius 1 is 1.16 bits per heavy atom. The summed E-state index contributed by atoms with van der Waals surface area (Å²) in [6.07, 6.45) is 4.03. The molecule has 0 bridgehead atoms. The second-order valence-electron chi connectivity index (χ2n) is 8.25. The van der Waals surface area contributed by atoms with Gasteiger partial charge in [0.1, 0.15) is 0 Å². The van der Waals surface area contributed by atoms with Gasteiger partial charge in [-0.2, -0.15) is 0 Å². The third-order valence-corrected chi connectivity index (χ3v) is 6.60. The number of benzene rings is 1. The Bertz CT molecular complexity index is 717. The second-order valence-corrected chi connectivity index (χ2v) is 8.66. The van der Waals surface area contributed by atoms with Gasteiger partial charge in [-0.1, -0.05) is 29.8 Å². The Balaban J connectivity index is 0.00000341. The minimum absolute atomic E-state index is 0. The molecule has 1 aromatic rings. The highest BCUT2D eigenvalue weighted by molar-refractivity contribution is 14.0. The number of halogens is 2. The molecule has 3 rings (SSSR count). The molecule has 8 heteroatoms. The third kappa shape index (κ3) is 7.79. The zero-order chi connectivity index (χ0) is 21.3. The number of rotatable bonds is 6. The number of nitrogens with one attached hydrogen (secondary N) is 1. The molecule has 0 aliphatic carbocycles. The first-order valence-corrected chi connectivity index (χ1v) is 11.6. The Morgan fingerprint density at radius 2 is 1.84 bits per heavy atom. The van der Waals surface area contributed by atoms with Crippen molar-refractivity contribution >= 4 is 47.5 Å². The van der Waals surface area contributed by atoms with Gasteiger partial charge in [-0.05, 0) is 63.2 Å². The van der Waals surface area contributed by atoms with E-state index in [1.54, 1.807) is 0 Å². The standard InChI is InChI=1S/C23H35ClN4O2.HI/c1-3-30-22(29)19-10-14-28(15-11-19)23(25-2)26-16-18-8-12-27(13-9-18)17-20-6-4-5-7-21(20)24;/h4-7,18-19H,3,8-17H2,1-2H3,(H,25,26);1H. The van der Waals surface area contributed by atoms with Crippen molar-refractivity contribution in [2.75, 3.05) is 46.4 Å². The molecule has 0 spiro atoms. The van der Waals surface area contributed by atoms with Crippen molar-refractivity contribution in [3.63, 3.8) is 0 Å². The number of carbonyl (C=O) groups excluding carboxylic acids is 1. The number of likely N-dealkylation sites (tertiary alicyclic amines) is 2. The third-order valence-electron chi connectivity index (χ3n) is 6.23. The minimum atomic E-state index is -0.0522. The van der Waals surface area contributed by atoms with E-state index in [0.29, 0.717) is 12.5 Å². The quantitative estimate of drug-likeness (QED) is 0.246. The molecule has 0 radical (unpaired) electrons. The number of carbonyl (C=O) groups is 1. The smallest absolute Gasteiger partial charge is 0.309 e. The lowest BCUT2D eigenvalue weighted by atomic mass is 9.96. The van der Waals surface area contributed by atoms with Gasteiger partial charge >= 0.3 is 5.97 Å². The van der Waals surface area contributed by atoms with Crippen molar-refractivity contribution in [1.82, 2.24) is 15.1 Å². The molecule has 0 amide bonds. The average Bonchev–Trinajstić information content (AvgIpc) is 2.77. The number of esters is 1. The molecule has 31 heavy (non-hydrogen) atoms. The molecule has 1 N–H and O–H groups in total. The van der Waals surface area contributed by atoms with E-state index < -0.39 is 0 Å². The zero-order valence-electron chi connectivity index (χ0n) is 18.7. The lowest BCUT2D eigenvalue weighted by Gasteiger charge is -2.35. The van der Waals surface area contributed by atoms with Gasteiger partial charge in [-0.15, -0.1) is 24.0 Å². The number of aliphatic imine (C=N–C) groups is 1. The van der Waals surface area contributed by atoms with Crippen molar-refractivity contribution in [1.29, 1.82) is 0 Å². The summed E-state index contributed by atoms with van der Waals surface area (Å²) < 4.78 is 5.17. The molecule has 2 fully saturated rings. The van der Waals surface area contributed by atoms with E-state index in [2.05, 4.69) is 32.2 Å². The predicted octanol–water partition coefficient (Wildman–Crippen LogP) is 4.02. The highest BCUT2D eigenvalue weighted by Crippen LogP contribution is 2.22. The molecule has 174 valence electrons. The molecule has 0 unspecified atom stereocenters. The molecule has 2 aliphatic heterocycles. The summed E-state index contributed by atoms with van der Waals surface area (Å²) in [7, 11) is 1.84. The maximum atomic E-state index is 11.9. The largest absolute Gasteiger partial charge is 0.466 e. The van der Waals surface area contributed by atoms with Crippen LogP contribution in [0.3, 0.4) is 0 Å². The first-order chi connectivity index (χ1) is 14.6. The van der Waals surface area contributed by atoms with Crippen LogP contribution < -0.4 is 5.32 Å². The van der Waals surface area contributed by atoms with Gasteiger partial charge in [0.2, 0.25) is 0 Å². The molecule has 2 saturated heterocycles. The summed E-state index contributed by atoms with van der Waals surface area (Å²) in [6, 6.07) is 8.12. The molecule has 2 aliphatic rings. The van der Waals surface area contributed by atoms with Crippen LogP contribution in [0, 0.1) is 11.8 Å². The summed E-state index contributed by atoms with van der Waals surface area (Å²) in [5, 5.41) is 4.43. The van der Waals surface area contributed by atoms with Crippen LogP contribution in [0.4, 0.5) is 0 Å². The first-order valence-electron chi connectivity index (χ1n) is 11.2. The summed E-state index contributed by atoms with van der Waals surface area (Å²) in [5.41, 5.74) is 1.21. The van der Waals surface area contributed by atoms with Crippen LogP contribution in [-0.4, -0.2) is 68.1 Å². The fraction of sp³-hybridized carbons (Fsp3) is 0.652. The van der Waals surface area contributed by atoms with E-state index in [1.807, 2.05) is 26.1 Å². The number of guanidine groups is 1. The molecule has 0 aromatic heterocycles. The molecular formula is C23H36ClIN4O2. The van der Waals surface area contributed by atoms with Crippen molar-refractivity contribution in [3.8, 4) is 0 Å². The highest BCUT2D eigenvalue weighted by Gasteiger charge is 2.28. The molecular weight excluding hydrogens is 527 g/mol. The Labute approximate surface area is 208 Å². The van der Waals surface area contributed by atoms with Crippen molar-refractivity contribution in [3.05, 3.63) is 34.9 Å². The van der Waals surface area contributed by atoms with Crippen molar-refractivity contribution in [2.24, 2.45) is 16.8 Å². The van der Waals surface area contributed by atoms with E-state index in [1.165, 1.54) is 18.4 Å². The lowest BCUT2D eigenvalue weighted by molar-refractivity contribution is -0.149. The highest BCUT2D eigenvalue weighted by atomic mass is 127. The molecule has 0 saturated carbocycles. The van der Waals surface area contributed by atoms with Crippen LogP contribution in [0.5, 0.6) is 0 Å². The number of hydrogen-bond donors (Lipinski definition) is 1. The fourth-order valence-corrected chi connectivity index (χ4v) is 4.57. The zero-order valence-corrected chi connectivity index (χ0v) is 21.8. The average molecular weight is 563 g/mol. The van der Waals surface area contributed by atoms with E-state index in [-0.39, 0.29) is 35.9 Å². The van der Waals surface area contributed by atoms with Crippen LogP contribution in [0.15, 0.2) is 29.3 Å². The number of nitrogens with zero attached hydrogens (tertiary/aromatic N) is 3. The van der Waals surface area contributed by atoms with Crippen molar-refractivity contribution in [2.45, 2.75) is 39.2 Å². The molecule has 0 atom stereocenters. The minimum Gasteiger partial charge on any atom is -0.466 e. The Morgan fingerprint density at radius 3 is 2.45 bits per heavy atom. The summed E-state index contributed by atoms with van der Waals surface area (Å²) in [6.45, 7) is 8.09. The van der Waals surface area contributed by atoms with Gasteiger partial charge in [-0.3, -0.25) is 14.7 Å². The van der Waals surface area contributed by atoms with Crippen LogP contribution in [0.25, 0.3) is 0 Å². The van der Waals surface area contributed by atoms with Crippen molar-refractivity contribution < 1.29 is 9.53 Å². The van der Waals surface area contributed by atoms with Crippen LogP contribution in [-0.2, 0) is 16.1 Å². The predicted molar refractivity (Wildman–Crippen MR) is 137 cm³/mol. The van der Waals surface area contributed by atoms with E-state index >= 15 is 0 Å². The molecule has 2 heterocycles. The van der Waals surface area contributed by atoms with Gasteiger partial charge in [0.05, 0.1) is 12.5 Å². The van der Waals surface area contributed by atoms with Gasteiger partial charge in [-0.25, -0.2) is 0 Å². The van der Waals surface area contributed by atoms with Gasteiger partial charge in [0, 0.05) is 38.2 Å². The summed E-state index contributed by atoms with van der Waals surface area (Å²) >= 11 is 6.31. The van der Waals surface area contributed by atoms with E-state index in [4.69, 9.17) is 16.3 Å². The fourth-order valence-electron chi connectivity index (χ4n) is 4.37. The van der Waals surface area contributed by atoms with E-state index in [0.717, 1.165) is 63.1 Å².